The van der Waals surface area contributed by atoms with E-state index in [1.807, 2.05) is 6.92 Å². The molecule has 3 aromatic rings. The normalized spacial score (nSPS) is 10.7. The van der Waals surface area contributed by atoms with Crippen molar-refractivity contribution in [2.75, 3.05) is 5.32 Å². The smallest absolute Gasteiger partial charge is 0.275 e. The zero-order valence-electron chi connectivity index (χ0n) is 12.6. The summed E-state index contributed by atoms with van der Waals surface area (Å²) in [7, 11) is 0. The average molecular weight is 313 g/mol. The maximum Gasteiger partial charge on any atom is 0.275 e. The lowest BCUT2D eigenvalue weighted by Crippen LogP contribution is -2.17. The molecule has 2 aromatic heterocycles. The van der Waals surface area contributed by atoms with Crippen molar-refractivity contribution in [2.24, 2.45) is 0 Å². The highest BCUT2D eigenvalue weighted by molar-refractivity contribution is 6.02. The van der Waals surface area contributed by atoms with Gasteiger partial charge in [-0.15, -0.1) is 0 Å². The molecular formula is C16H16FN5O. The van der Waals surface area contributed by atoms with E-state index in [4.69, 9.17) is 0 Å². The van der Waals surface area contributed by atoms with Gasteiger partial charge in [-0.3, -0.25) is 14.2 Å². The zero-order valence-corrected chi connectivity index (χ0v) is 12.6. The fourth-order valence-electron chi connectivity index (χ4n) is 2.28. The highest BCUT2D eigenvalue weighted by Gasteiger charge is 2.12. The molecule has 1 amide bonds. The Kier molecular flexibility index (Phi) is 4.18. The Morgan fingerprint density at radius 1 is 1.26 bits per heavy atom. The lowest BCUT2D eigenvalue weighted by atomic mass is 10.2. The van der Waals surface area contributed by atoms with Gasteiger partial charge in [0.1, 0.15) is 11.5 Å². The van der Waals surface area contributed by atoms with Crippen molar-refractivity contribution in [3.05, 3.63) is 65.9 Å². The van der Waals surface area contributed by atoms with Gasteiger partial charge >= 0.3 is 0 Å². The van der Waals surface area contributed by atoms with Gasteiger partial charge in [-0.2, -0.15) is 10.2 Å². The SMILES string of the molecule is CCn1nccc1C(=O)Nc1ccn(Cc2ccccc2F)n1. The molecular weight excluding hydrogens is 297 g/mol. The minimum atomic E-state index is -0.277. The molecule has 2 heterocycles. The van der Waals surface area contributed by atoms with Crippen LogP contribution in [-0.4, -0.2) is 25.5 Å². The zero-order chi connectivity index (χ0) is 16.2. The van der Waals surface area contributed by atoms with Crippen LogP contribution in [0.4, 0.5) is 10.2 Å². The number of aromatic nitrogens is 4. The van der Waals surface area contributed by atoms with E-state index in [1.165, 1.54) is 6.07 Å². The molecule has 0 spiro atoms. The molecule has 3 rings (SSSR count). The third-order valence-electron chi connectivity index (χ3n) is 3.42. The van der Waals surface area contributed by atoms with Crippen molar-refractivity contribution >= 4 is 11.7 Å². The number of aryl methyl sites for hydroxylation is 1. The number of carbonyl (C=O) groups is 1. The minimum absolute atomic E-state index is 0.277. The molecule has 0 aliphatic rings. The van der Waals surface area contributed by atoms with Crippen LogP contribution in [0.15, 0.2) is 48.8 Å². The molecule has 0 radical (unpaired) electrons. The number of anilines is 1. The standard InChI is InChI=1S/C16H16FN5O/c1-2-22-14(7-9-18-22)16(23)19-15-8-10-21(20-15)11-12-5-3-4-6-13(12)17/h3-10H,2,11H2,1H3,(H,19,20,23). The van der Waals surface area contributed by atoms with Crippen LogP contribution in [0.2, 0.25) is 0 Å². The number of nitrogens with zero attached hydrogens (tertiary/aromatic N) is 4. The van der Waals surface area contributed by atoms with Crippen molar-refractivity contribution < 1.29 is 9.18 Å². The summed E-state index contributed by atoms with van der Waals surface area (Å²) in [4.78, 5) is 12.2. The molecule has 0 bridgehead atoms. The number of hydrogen-bond donors (Lipinski definition) is 1. The molecule has 1 N–H and O–H groups in total. The van der Waals surface area contributed by atoms with Gasteiger partial charge in [0.2, 0.25) is 0 Å². The first-order valence-corrected chi connectivity index (χ1v) is 7.27. The predicted molar refractivity (Wildman–Crippen MR) is 83.6 cm³/mol. The van der Waals surface area contributed by atoms with Crippen molar-refractivity contribution in [1.82, 2.24) is 19.6 Å². The van der Waals surface area contributed by atoms with E-state index in [1.54, 1.807) is 52.1 Å². The maximum absolute atomic E-state index is 13.6. The van der Waals surface area contributed by atoms with Crippen LogP contribution in [0.1, 0.15) is 23.0 Å². The summed E-state index contributed by atoms with van der Waals surface area (Å²) >= 11 is 0. The van der Waals surface area contributed by atoms with Crippen molar-refractivity contribution in [3.63, 3.8) is 0 Å². The number of benzene rings is 1. The second kappa shape index (κ2) is 6.43. The van der Waals surface area contributed by atoms with Gasteiger partial charge in [0, 0.05) is 30.6 Å². The molecule has 0 aliphatic heterocycles. The van der Waals surface area contributed by atoms with E-state index < -0.39 is 0 Å². The lowest BCUT2D eigenvalue weighted by molar-refractivity contribution is 0.101. The van der Waals surface area contributed by atoms with E-state index in [9.17, 15) is 9.18 Å². The van der Waals surface area contributed by atoms with Crippen LogP contribution in [0.3, 0.4) is 0 Å². The van der Waals surface area contributed by atoms with Gasteiger partial charge in [-0.05, 0) is 19.1 Å². The van der Waals surface area contributed by atoms with Crippen molar-refractivity contribution in [2.45, 2.75) is 20.0 Å². The van der Waals surface area contributed by atoms with E-state index in [0.717, 1.165) is 0 Å². The van der Waals surface area contributed by atoms with Crippen LogP contribution in [0, 0.1) is 5.82 Å². The van der Waals surface area contributed by atoms with E-state index in [0.29, 0.717) is 30.2 Å². The van der Waals surface area contributed by atoms with Gasteiger partial charge in [-0.25, -0.2) is 4.39 Å². The minimum Gasteiger partial charge on any atom is -0.304 e. The van der Waals surface area contributed by atoms with E-state index >= 15 is 0 Å². The Balaban J connectivity index is 1.70. The molecule has 0 fully saturated rings. The lowest BCUT2D eigenvalue weighted by Gasteiger charge is -2.05. The molecule has 0 unspecified atom stereocenters. The summed E-state index contributed by atoms with van der Waals surface area (Å²) in [6.07, 6.45) is 3.27. The van der Waals surface area contributed by atoms with Crippen molar-refractivity contribution in [3.8, 4) is 0 Å². The largest absolute Gasteiger partial charge is 0.304 e. The Bertz CT molecular complexity index is 823. The van der Waals surface area contributed by atoms with Gasteiger partial charge in [0.15, 0.2) is 5.82 Å². The fraction of sp³-hybridized carbons (Fsp3) is 0.188. The molecule has 0 saturated heterocycles. The topological polar surface area (TPSA) is 64.7 Å². The van der Waals surface area contributed by atoms with Crippen LogP contribution in [0.25, 0.3) is 0 Å². The number of halogens is 1. The first-order valence-electron chi connectivity index (χ1n) is 7.27. The second-order valence-electron chi connectivity index (χ2n) is 4.98. The summed E-state index contributed by atoms with van der Waals surface area (Å²) < 4.78 is 16.8. The summed E-state index contributed by atoms with van der Waals surface area (Å²) in [5, 5.41) is 11.0. The quantitative estimate of drug-likeness (QED) is 0.787. The predicted octanol–water partition coefficient (Wildman–Crippen LogP) is 2.54. The average Bonchev–Trinajstić information content (AvgIpc) is 3.18. The van der Waals surface area contributed by atoms with Gasteiger partial charge in [0.25, 0.3) is 5.91 Å². The Hall–Kier alpha value is -2.96. The molecule has 6 nitrogen and oxygen atoms in total. The van der Waals surface area contributed by atoms with E-state index in [2.05, 4.69) is 15.5 Å². The number of amides is 1. The van der Waals surface area contributed by atoms with Crippen LogP contribution >= 0.6 is 0 Å². The summed E-state index contributed by atoms with van der Waals surface area (Å²) in [6, 6.07) is 9.85. The second-order valence-corrected chi connectivity index (χ2v) is 4.98. The molecule has 0 saturated carbocycles. The first-order chi connectivity index (χ1) is 11.2. The Morgan fingerprint density at radius 3 is 2.87 bits per heavy atom. The molecule has 0 atom stereocenters. The fourth-order valence-corrected chi connectivity index (χ4v) is 2.28. The Morgan fingerprint density at radius 2 is 2.09 bits per heavy atom. The van der Waals surface area contributed by atoms with E-state index in [-0.39, 0.29) is 11.7 Å². The third kappa shape index (κ3) is 3.28. The summed E-state index contributed by atoms with van der Waals surface area (Å²) in [6.45, 7) is 2.82. The summed E-state index contributed by atoms with van der Waals surface area (Å²) in [5.41, 5.74) is 1.01. The highest BCUT2D eigenvalue weighted by atomic mass is 19.1. The van der Waals surface area contributed by atoms with Gasteiger partial charge < -0.3 is 5.32 Å². The maximum atomic E-state index is 13.6. The van der Waals surface area contributed by atoms with Crippen molar-refractivity contribution in [1.29, 1.82) is 0 Å². The first kappa shape index (κ1) is 15.0. The highest BCUT2D eigenvalue weighted by Crippen LogP contribution is 2.11. The summed E-state index contributed by atoms with van der Waals surface area (Å²) in [5.74, 6) is -0.142. The monoisotopic (exact) mass is 313 g/mol. The van der Waals surface area contributed by atoms with Gasteiger partial charge in [-0.1, -0.05) is 18.2 Å². The number of rotatable bonds is 5. The molecule has 23 heavy (non-hydrogen) atoms. The number of hydrogen-bond acceptors (Lipinski definition) is 3. The number of carbonyl (C=O) groups excluding carboxylic acids is 1. The third-order valence-corrected chi connectivity index (χ3v) is 3.42. The number of nitrogens with one attached hydrogen (secondary N) is 1. The van der Waals surface area contributed by atoms with Crippen LogP contribution < -0.4 is 5.32 Å². The van der Waals surface area contributed by atoms with Crippen LogP contribution in [-0.2, 0) is 13.1 Å². The molecule has 0 aliphatic carbocycles. The van der Waals surface area contributed by atoms with Gasteiger partial charge in [0.05, 0.1) is 6.54 Å². The molecule has 1 aromatic carbocycles. The molecule has 118 valence electrons. The molecule has 7 heteroatoms. The van der Waals surface area contributed by atoms with Crippen LogP contribution in [0.5, 0.6) is 0 Å². The Labute approximate surface area is 132 Å².